The Kier molecular flexibility index (Phi) is 6.73. The van der Waals surface area contributed by atoms with E-state index in [0.29, 0.717) is 18.5 Å². The largest absolute Gasteiger partial charge is 0.366 e. The molecule has 3 aromatic heterocycles. The summed E-state index contributed by atoms with van der Waals surface area (Å²) in [7, 11) is 2.10. The number of nitrogens with one attached hydrogen (secondary N) is 1. The molecule has 6 rings (SSSR count). The predicted molar refractivity (Wildman–Crippen MR) is 148 cm³/mol. The summed E-state index contributed by atoms with van der Waals surface area (Å²) in [5.74, 6) is 2.20. The van der Waals surface area contributed by atoms with Crippen LogP contribution in [-0.4, -0.2) is 51.5 Å². The van der Waals surface area contributed by atoms with Crippen LogP contribution in [-0.2, 0) is 6.54 Å². The average Bonchev–Trinajstić information content (AvgIpc) is 3.33. The smallest absolute Gasteiger partial charge is 0.151 e. The molecule has 1 aromatic carbocycles. The van der Waals surface area contributed by atoms with Crippen molar-refractivity contribution in [1.29, 1.82) is 0 Å². The number of rotatable bonds is 6. The van der Waals surface area contributed by atoms with Gasteiger partial charge in [-0.1, -0.05) is 36.4 Å². The minimum absolute atomic E-state index is 0.462. The molecule has 6 nitrogen and oxygen atoms in total. The van der Waals surface area contributed by atoms with Gasteiger partial charge in [-0.05, 0) is 73.6 Å². The topological polar surface area (TPSA) is 58.4 Å². The van der Waals surface area contributed by atoms with Gasteiger partial charge in [0.1, 0.15) is 13.7 Å². The van der Waals surface area contributed by atoms with Gasteiger partial charge in [-0.15, -0.1) is 0 Å². The number of pyridine rings is 1. The molecular weight excluding hydrogens is 443 g/mol. The van der Waals surface area contributed by atoms with Gasteiger partial charge in [0.05, 0.1) is 5.69 Å². The summed E-state index contributed by atoms with van der Waals surface area (Å²) in [6.45, 7) is 3.04. The Morgan fingerprint density at radius 2 is 1.81 bits per heavy atom. The summed E-state index contributed by atoms with van der Waals surface area (Å²) >= 11 is 0. The van der Waals surface area contributed by atoms with Crippen molar-refractivity contribution in [2.45, 2.75) is 62.9 Å². The van der Waals surface area contributed by atoms with Gasteiger partial charge in [-0.25, -0.2) is 4.98 Å². The number of nitrogens with zero attached hydrogens (tertiary/aromatic N) is 5. The van der Waals surface area contributed by atoms with Crippen LogP contribution in [0.2, 0.25) is 0 Å². The van der Waals surface area contributed by atoms with E-state index in [-0.39, 0.29) is 0 Å². The van der Waals surface area contributed by atoms with Gasteiger partial charge in [0.15, 0.2) is 5.65 Å². The van der Waals surface area contributed by atoms with Gasteiger partial charge in [-0.3, -0.25) is 9.88 Å². The van der Waals surface area contributed by atoms with Crippen LogP contribution in [0, 0.1) is 0 Å². The van der Waals surface area contributed by atoms with Crippen LogP contribution in [0.5, 0.6) is 0 Å². The third kappa shape index (κ3) is 4.89. The van der Waals surface area contributed by atoms with Crippen LogP contribution in [0.1, 0.15) is 67.2 Å². The van der Waals surface area contributed by atoms with E-state index < -0.39 is 0 Å². The van der Waals surface area contributed by atoms with Gasteiger partial charge in [0.25, 0.3) is 0 Å². The Balaban J connectivity index is 1.17. The zero-order valence-electron chi connectivity index (χ0n) is 21.2. The molecular formula is C29H35BN6. The normalized spacial score (nSPS) is 23.1. The van der Waals surface area contributed by atoms with Gasteiger partial charge in [0, 0.05) is 49.7 Å². The summed E-state index contributed by atoms with van der Waals surface area (Å²) in [5.41, 5.74) is 5.95. The molecule has 0 radical (unpaired) electrons. The molecule has 1 aliphatic carbocycles. The van der Waals surface area contributed by atoms with Crippen LogP contribution < -0.4 is 10.8 Å². The summed E-state index contributed by atoms with van der Waals surface area (Å²) in [6, 6.07) is 18.1. The highest BCUT2D eigenvalue weighted by atomic mass is 15.3. The number of piperidine rings is 1. The minimum atomic E-state index is 0.462. The summed E-state index contributed by atoms with van der Waals surface area (Å²) in [6.07, 6.45) is 13.3. The van der Waals surface area contributed by atoms with Gasteiger partial charge in [0.2, 0.25) is 0 Å². The quantitative estimate of drug-likeness (QED) is 0.426. The maximum atomic E-state index is 5.13. The lowest BCUT2D eigenvalue weighted by atomic mass is 9.80. The van der Waals surface area contributed by atoms with Crippen molar-refractivity contribution in [1.82, 2.24) is 24.5 Å². The van der Waals surface area contributed by atoms with Crippen LogP contribution in [0.4, 0.5) is 5.82 Å². The summed E-state index contributed by atoms with van der Waals surface area (Å²) in [5, 5.41) is 8.20. The highest BCUT2D eigenvalue weighted by Crippen LogP contribution is 2.37. The van der Waals surface area contributed by atoms with Gasteiger partial charge >= 0.3 is 0 Å². The number of benzene rings is 1. The molecule has 1 unspecified atom stereocenters. The fourth-order valence-corrected chi connectivity index (χ4v) is 6.20. The number of fused-ring (bicyclic) bond motifs is 1. The molecule has 36 heavy (non-hydrogen) atoms. The Morgan fingerprint density at radius 3 is 2.61 bits per heavy atom. The second kappa shape index (κ2) is 10.4. The van der Waals surface area contributed by atoms with E-state index >= 15 is 0 Å². The number of likely N-dealkylation sites (tertiary alicyclic amines) is 1. The number of hydrogen-bond acceptors (Lipinski definition) is 5. The van der Waals surface area contributed by atoms with E-state index in [1.54, 1.807) is 0 Å². The summed E-state index contributed by atoms with van der Waals surface area (Å²) < 4.78 is 1.95. The molecule has 4 heterocycles. The van der Waals surface area contributed by atoms with Crippen molar-refractivity contribution in [3.8, 4) is 0 Å². The van der Waals surface area contributed by atoms with Crippen molar-refractivity contribution in [2.75, 3.05) is 18.4 Å². The van der Waals surface area contributed by atoms with Crippen molar-refractivity contribution in [3.63, 3.8) is 0 Å². The fraction of sp³-hybridized carbons (Fsp3) is 0.414. The molecule has 0 bridgehead atoms. The van der Waals surface area contributed by atoms with Crippen molar-refractivity contribution < 1.29 is 0 Å². The number of anilines is 1. The average molecular weight is 478 g/mol. The Morgan fingerprint density at radius 1 is 0.944 bits per heavy atom. The molecule has 2 aliphatic rings. The van der Waals surface area contributed by atoms with Crippen LogP contribution in [0.25, 0.3) is 5.65 Å². The van der Waals surface area contributed by atoms with E-state index in [1.165, 1.54) is 56.3 Å². The third-order valence-corrected chi connectivity index (χ3v) is 8.22. The highest BCUT2D eigenvalue weighted by molar-refractivity contribution is 6.36. The third-order valence-electron chi connectivity index (χ3n) is 8.22. The van der Waals surface area contributed by atoms with E-state index in [1.807, 2.05) is 29.2 Å². The summed E-state index contributed by atoms with van der Waals surface area (Å²) in [4.78, 5) is 12.1. The van der Waals surface area contributed by atoms with Crippen molar-refractivity contribution in [2.24, 2.45) is 0 Å². The van der Waals surface area contributed by atoms with Crippen LogP contribution in [0.3, 0.4) is 0 Å². The van der Waals surface area contributed by atoms with E-state index in [9.17, 15) is 0 Å². The molecule has 4 aromatic rings. The first-order chi connectivity index (χ1) is 17.7. The zero-order chi connectivity index (χ0) is 24.3. The lowest BCUT2D eigenvalue weighted by molar-refractivity contribution is 0.113. The van der Waals surface area contributed by atoms with Gasteiger partial charge < -0.3 is 5.32 Å². The van der Waals surface area contributed by atoms with Gasteiger partial charge in [-0.2, -0.15) is 9.61 Å². The number of aromatic nitrogens is 4. The first kappa shape index (κ1) is 23.2. The van der Waals surface area contributed by atoms with Crippen LogP contribution in [0.15, 0.2) is 67.1 Å². The standard InChI is InChI=1S/C29H35BN6/c30-26-19-33-36-28(32-18-21-6-4-14-31-17-21)16-27(34-29(26)36)24-9-5-15-35(20-24)25-12-10-23(11-13-25)22-7-2-1-3-8-22/h1-4,6-8,14,16-17,19,23-25,32H,5,9-13,15,18,20,30H2. The second-order valence-electron chi connectivity index (χ2n) is 10.6. The molecule has 0 spiro atoms. The molecule has 1 aliphatic heterocycles. The molecule has 7 heteroatoms. The fourth-order valence-electron chi connectivity index (χ4n) is 6.20. The molecule has 2 fully saturated rings. The van der Waals surface area contributed by atoms with E-state index in [4.69, 9.17) is 4.98 Å². The minimum Gasteiger partial charge on any atom is -0.366 e. The molecule has 1 atom stereocenters. The SMILES string of the molecule is Bc1cnn2c(NCc3cccnc3)cc(C3CCCN(C4CCC(c5ccccc5)CC4)C3)nc12. The first-order valence-electron chi connectivity index (χ1n) is 13.5. The second-order valence-corrected chi connectivity index (χ2v) is 10.6. The zero-order valence-corrected chi connectivity index (χ0v) is 21.2. The Hall–Kier alpha value is -3.19. The maximum absolute atomic E-state index is 5.13. The Labute approximate surface area is 214 Å². The number of hydrogen-bond donors (Lipinski definition) is 1. The van der Waals surface area contributed by atoms with E-state index in [2.05, 4.69) is 70.6 Å². The van der Waals surface area contributed by atoms with E-state index in [0.717, 1.165) is 35.0 Å². The van der Waals surface area contributed by atoms with Crippen molar-refractivity contribution >= 4 is 24.8 Å². The molecule has 1 saturated carbocycles. The lowest BCUT2D eigenvalue weighted by Gasteiger charge is -2.41. The molecule has 184 valence electrons. The van der Waals surface area contributed by atoms with Crippen molar-refractivity contribution in [3.05, 3.63) is 83.9 Å². The molecule has 1 N–H and O–H groups in total. The molecule has 0 amide bonds. The monoisotopic (exact) mass is 478 g/mol. The Bertz CT molecular complexity index is 1280. The predicted octanol–water partition coefficient (Wildman–Crippen LogP) is 3.90. The highest BCUT2D eigenvalue weighted by Gasteiger charge is 2.31. The maximum Gasteiger partial charge on any atom is 0.151 e. The van der Waals surface area contributed by atoms with Crippen LogP contribution >= 0.6 is 0 Å². The lowest BCUT2D eigenvalue weighted by Crippen LogP contribution is -2.43. The molecule has 1 saturated heterocycles. The first-order valence-corrected chi connectivity index (χ1v) is 13.5.